The summed E-state index contributed by atoms with van der Waals surface area (Å²) in [6.45, 7) is 0.435. The van der Waals surface area contributed by atoms with Crippen molar-refractivity contribution in [2.45, 2.75) is 23.6 Å². The van der Waals surface area contributed by atoms with Crippen molar-refractivity contribution in [3.05, 3.63) is 74.9 Å². The van der Waals surface area contributed by atoms with Crippen LogP contribution < -0.4 is 11.1 Å². The highest BCUT2D eigenvalue weighted by atomic mass is 35.5. The number of allylic oxidation sites excluding steroid dienone is 2. The van der Waals surface area contributed by atoms with E-state index in [4.69, 9.17) is 33.8 Å². The normalized spacial score (nSPS) is 19.2. The van der Waals surface area contributed by atoms with Crippen molar-refractivity contribution in [2.24, 2.45) is 5.16 Å². The number of aromatic hydroxyl groups is 2. The number of anilines is 1. The first-order valence-electron chi connectivity index (χ1n) is 12.8. The van der Waals surface area contributed by atoms with E-state index in [1.165, 1.54) is 17.1 Å². The maximum atomic E-state index is 13.0. The van der Waals surface area contributed by atoms with E-state index in [9.17, 15) is 39.6 Å². The molecule has 0 bridgehead atoms. The van der Waals surface area contributed by atoms with Gasteiger partial charge in [-0.05, 0) is 11.6 Å². The van der Waals surface area contributed by atoms with Gasteiger partial charge in [0.1, 0.15) is 29.0 Å². The second-order valence-corrected chi connectivity index (χ2v) is 12.3. The van der Waals surface area contributed by atoms with Gasteiger partial charge in [0.2, 0.25) is 0 Å². The molecule has 1 fully saturated rings. The minimum absolute atomic E-state index is 0.0687. The number of carbonyl (C=O) groups is 4. The molecule has 1 saturated heterocycles. The highest BCUT2D eigenvalue weighted by molar-refractivity contribution is 8.00. The van der Waals surface area contributed by atoms with E-state index in [-0.39, 0.29) is 22.3 Å². The Balaban J connectivity index is 1.34. The fourth-order valence-electron chi connectivity index (χ4n) is 4.63. The quantitative estimate of drug-likeness (QED) is 0.0723. The van der Waals surface area contributed by atoms with Crippen molar-refractivity contribution in [1.82, 2.24) is 24.8 Å². The fraction of sp³-hybridized carbons (Fsp3) is 0.192. The van der Waals surface area contributed by atoms with Crippen LogP contribution in [-0.4, -0.2) is 87.0 Å². The molecule has 0 aliphatic carbocycles. The third kappa shape index (κ3) is 5.82. The lowest BCUT2D eigenvalue weighted by Crippen LogP contribution is -2.70. The smallest absolute Gasteiger partial charge is 0.362 e. The number of oxime groups is 1. The molecule has 0 radical (unpaired) electrons. The van der Waals surface area contributed by atoms with Crippen LogP contribution >= 0.6 is 46.3 Å². The third-order valence-electron chi connectivity index (χ3n) is 6.78. The van der Waals surface area contributed by atoms with Crippen molar-refractivity contribution < 1.29 is 44.4 Å². The molecule has 46 heavy (non-hydrogen) atoms. The molecule has 0 saturated carbocycles. The number of carboxylic acid groups (broad SMARTS) is 2. The number of carboxylic acids is 2. The van der Waals surface area contributed by atoms with E-state index < -0.39 is 67.9 Å². The molecule has 240 valence electrons. The molecule has 5 rings (SSSR count). The summed E-state index contributed by atoms with van der Waals surface area (Å²) in [6.07, 6.45) is 8.84. The summed E-state index contributed by atoms with van der Waals surface area (Å²) in [5.74, 6) is -6.28. The predicted octanol–water partition coefficient (Wildman–Crippen LogP) is 1.97. The topological polar surface area (TPSA) is 243 Å². The largest absolute Gasteiger partial charge is 0.503 e. The number of fused-ring (bicyclic) bond motifs is 1. The SMILES string of the molecule is Nc1nc(C(ON=CC(=O)NC2C(=O)N3C(C(=O)O)=C(C=CCn4ccnc4)CSC23)(C(=O)O)c2cc(Cl)c(O)c(O)c2Cl)cs1. The summed E-state index contributed by atoms with van der Waals surface area (Å²) in [5, 5.41) is 45.5. The summed E-state index contributed by atoms with van der Waals surface area (Å²) in [7, 11) is 0. The van der Waals surface area contributed by atoms with Gasteiger partial charge >= 0.3 is 17.5 Å². The van der Waals surface area contributed by atoms with Gasteiger partial charge in [-0.3, -0.25) is 14.5 Å². The number of hydrogen-bond acceptors (Lipinski definition) is 13. The molecule has 20 heteroatoms. The summed E-state index contributed by atoms with van der Waals surface area (Å²) in [5.41, 5.74) is 2.33. The van der Waals surface area contributed by atoms with Crippen LogP contribution in [0.25, 0.3) is 0 Å². The van der Waals surface area contributed by atoms with E-state index in [0.717, 1.165) is 22.3 Å². The number of halogens is 2. The zero-order valence-corrected chi connectivity index (χ0v) is 26.0. The Labute approximate surface area is 276 Å². The highest BCUT2D eigenvalue weighted by Crippen LogP contribution is 2.48. The van der Waals surface area contributed by atoms with Crippen molar-refractivity contribution in [3.63, 3.8) is 0 Å². The van der Waals surface area contributed by atoms with Gasteiger partial charge in [-0.25, -0.2) is 19.6 Å². The minimum Gasteiger partial charge on any atom is -0.503 e. The number of imidazole rings is 1. The average Bonchev–Trinajstić information content (AvgIpc) is 3.70. The van der Waals surface area contributed by atoms with Crippen molar-refractivity contribution >= 4 is 81.4 Å². The molecule has 3 aromatic rings. The van der Waals surface area contributed by atoms with Gasteiger partial charge in [0.15, 0.2) is 16.6 Å². The Morgan fingerprint density at radius 2 is 2.02 bits per heavy atom. The number of β-lactam (4-membered cyclic amide) rings is 1. The van der Waals surface area contributed by atoms with E-state index in [1.807, 2.05) is 0 Å². The molecule has 2 aliphatic heterocycles. The van der Waals surface area contributed by atoms with Crippen LogP contribution in [-0.2, 0) is 36.2 Å². The summed E-state index contributed by atoms with van der Waals surface area (Å²) in [6, 6.07) is -0.214. The Morgan fingerprint density at radius 1 is 1.26 bits per heavy atom. The van der Waals surface area contributed by atoms with Crippen LogP contribution in [0.3, 0.4) is 0 Å². The van der Waals surface area contributed by atoms with Crippen LogP contribution in [0.1, 0.15) is 11.3 Å². The molecule has 0 spiro atoms. The highest BCUT2D eigenvalue weighted by Gasteiger charge is 2.54. The standard InChI is InChI=1S/C26H21Cl2N7O9S2/c27-13-6-12(16(28)20(38)19(13)37)26(24(42)43,14-9-46-25(29)32-14)44-31-7-15(36)33-17-21(39)35-18(23(40)41)11(8-45-22(17)35)2-1-4-34-5-3-30-10-34/h1-3,5-7,9-10,17,22,37-38H,4,8H2,(H2,29,32)(H,33,36)(H,40,41)(H,42,43). The number of nitrogens with two attached hydrogens (primary N) is 1. The Kier molecular flexibility index (Phi) is 9.15. The van der Waals surface area contributed by atoms with Crippen molar-refractivity contribution in [1.29, 1.82) is 0 Å². The molecule has 2 aliphatic rings. The third-order valence-corrected chi connectivity index (χ3v) is 9.43. The van der Waals surface area contributed by atoms with Gasteiger partial charge in [0.05, 0.1) is 16.4 Å². The maximum Gasteiger partial charge on any atom is 0.362 e. The van der Waals surface area contributed by atoms with Gasteiger partial charge in [0, 0.05) is 35.6 Å². The zero-order valence-electron chi connectivity index (χ0n) is 22.9. The molecule has 3 unspecified atom stereocenters. The molecule has 3 atom stereocenters. The van der Waals surface area contributed by atoms with Crippen molar-refractivity contribution in [2.75, 3.05) is 11.5 Å². The van der Waals surface area contributed by atoms with E-state index >= 15 is 0 Å². The second-order valence-electron chi connectivity index (χ2n) is 9.54. The minimum atomic E-state index is -2.72. The number of nitrogens with zero attached hydrogens (tertiary/aromatic N) is 5. The number of phenolic OH excluding ortho intramolecular Hbond substituents is 2. The number of nitrogen functional groups attached to an aromatic ring is 1. The van der Waals surface area contributed by atoms with Gasteiger partial charge in [-0.2, -0.15) is 0 Å². The van der Waals surface area contributed by atoms with E-state index in [1.54, 1.807) is 35.4 Å². The number of nitrogens with one attached hydrogen (secondary N) is 1. The fourth-order valence-corrected chi connectivity index (χ4v) is 7.03. The molecular formula is C26H21Cl2N7O9S2. The van der Waals surface area contributed by atoms with Gasteiger partial charge < -0.3 is 40.9 Å². The lowest BCUT2D eigenvalue weighted by atomic mass is 9.90. The molecule has 16 nitrogen and oxygen atoms in total. The number of carbonyl (C=O) groups excluding carboxylic acids is 2. The number of rotatable bonds is 11. The second kappa shape index (κ2) is 12.9. The lowest BCUT2D eigenvalue weighted by Gasteiger charge is -2.49. The number of amides is 2. The molecule has 7 N–H and O–H groups in total. The first kappa shape index (κ1) is 32.6. The Bertz CT molecular complexity index is 1830. The van der Waals surface area contributed by atoms with E-state index in [2.05, 4.69) is 20.4 Å². The zero-order chi connectivity index (χ0) is 33.3. The van der Waals surface area contributed by atoms with Gasteiger partial charge in [0.25, 0.3) is 11.8 Å². The number of thioether (sulfide) groups is 1. The van der Waals surface area contributed by atoms with Gasteiger partial charge in [-0.1, -0.05) is 40.5 Å². The van der Waals surface area contributed by atoms with Crippen molar-refractivity contribution in [3.8, 4) is 11.5 Å². The van der Waals surface area contributed by atoms with Crippen LogP contribution in [0, 0.1) is 0 Å². The number of thiazole rings is 1. The average molecular weight is 711 g/mol. The molecule has 1 aromatic carbocycles. The number of phenols is 2. The van der Waals surface area contributed by atoms with Crippen LogP contribution in [0.5, 0.6) is 11.5 Å². The first-order chi connectivity index (χ1) is 21.9. The summed E-state index contributed by atoms with van der Waals surface area (Å²) >= 11 is 14.2. The monoisotopic (exact) mass is 709 g/mol. The molecule has 4 heterocycles. The molecular weight excluding hydrogens is 689 g/mol. The lowest BCUT2D eigenvalue weighted by molar-refractivity contribution is -0.162. The number of benzene rings is 1. The Morgan fingerprint density at radius 3 is 2.65 bits per heavy atom. The van der Waals surface area contributed by atoms with Crippen LogP contribution in [0.15, 0.2) is 58.7 Å². The number of aliphatic carboxylic acids is 2. The maximum absolute atomic E-state index is 13.0. The molecule has 2 aromatic heterocycles. The Hall–Kier alpha value is -4.78. The molecule has 2 amide bonds. The van der Waals surface area contributed by atoms with Gasteiger partial charge in [-0.15, -0.1) is 23.1 Å². The summed E-state index contributed by atoms with van der Waals surface area (Å²) in [4.78, 5) is 64.9. The van der Waals surface area contributed by atoms with Crippen LogP contribution in [0.2, 0.25) is 10.0 Å². The summed E-state index contributed by atoms with van der Waals surface area (Å²) < 4.78 is 1.77. The first-order valence-corrected chi connectivity index (χ1v) is 15.5. The number of hydrogen-bond donors (Lipinski definition) is 6. The predicted molar refractivity (Wildman–Crippen MR) is 165 cm³/mol. The van der Waals surface area contributed by atoms with E-state index in [0.29, 0.717) is 18.3 Å². The van der Waals surface area contributed by atoms with Crippen LogP contribution in [0.4, 0.5) is 5.13 Å². The number of aromatic nitrogens is 3.